The van der Waals surface area contributed by atoms with Crippen molar-refractivity contribution in [3.63, 3.8) is 0 Å². The average Bonchev–Trinajstić information content (AvgIpc) is 3.33. The van der Waals surface area contributed by atoms with Crippen molar-refractivity contribution in [3.05, 3.63) is 106 Å². The van der Waals surface area contributed by atoms with Gasteiger partial charge in [-0.05, 0) is 47.9 Å². The number of ketones is 1. The van der Waals surface area contributed by atoms with Crippen LogP contribution in [0.3, 0.4) is 0 Å². The molecule has 4 aromatic rings. The smallest absolute Gasteiger partial charge is 0.366 e. The fraction of sp³-hybridized carbons (Fsp3) is 0.179. The van der Waals surface area contributed by atoms with Gasteiger partial charge < -0.3 is 11.5 Å². The molecule has 0 radical (unpaired) electrons. The van der Waals surface area contributed by atoms with Crippen molar-refractivity contribution < 1.29 is 40.7 Å². The Morgan fingerprint density at radius 3 is 2.17 bits per heavy atom. The van der Waals surface area contributed by atoms with Gasteiger partial charge in [-0.3, -0.25) is 24.0 Å². The number of carbonyl (C=O) groups is 3. The lowest BCUT2D eigenvalue weighted by atomic mass is 9.86. The zero-order chi connectivity index (χ0) is 30.8. The first-order valence-corrected chi connectivity index (χ1v) is 12.2. The molecule has 0 unspecified atom stereocenters. The van der Waals surface area contributed by atoms with Crippen LogP contribution in [-0.2, 0) is 23.9 Å². The van der Waals surface area contributed by atoms with E-state index in [0.717, 1.165) is 18.2 Å². The summed E-state index contributed by atoms with van der Waals surface area (Å²) in [5, 5.41) is 3.31. The molecule has 2 heterocycles. The Labute approximate surface area is 234 Å². The van der Waals surface area contributed by atoms with Crippen molar-refractivity contribution in [2.75, 3.05) is 0 Å². The highest BCUT2D eigenvalue weighted by molar-refractivity contribution is 5.95. The molecule has 1 atom stereocenters. The molecule has 218 valence electrons. The molecule has 0 saturated carbocycles. The summed E-state index contributed by atoms with van der Waals surface area (Å²) in [7, 11) is 0. The molecule has 4 rings (SSSR count). The van der Waals surface area contributed by atoms with Crippen LogP contribution in [0.5, 0.6) is 0 Å². The molecule has 42 heavy (non-hydrogen) atoms. The first-order valence-electron chi connectivity index (χ1n) is 12.2. The van der Waals surface area contributed by atoms with Gasteiger partial charge >= 0.3 is 6.18 Å². The number of nitrogens with zero attached hydrogens (tertiary/aromatic N) is 3. The lowest BCUT2D eigenvalue weighted by Crippen LogP contribution is -2.18. The van der Waals surface area contributed by atoms with Gasteiger partial charge in [-0.2, -0.15) is 18.3 Å². The molecule has 8 nitrogen and oxygen atoms in total. The maximum Gasteiger partial charge on any atom is 0.435 e. The van der Waals surface area contributed by atoms with Crippen LogP contribution in [0.2, 0.25) is 0 Å². The van der Waals surface area contributed by atoms with Gasteiger partial charge in [0.15, 0.2) is 11.5 Å². The Hall–Kier alpha value is -5.01. The number of Topliss-reactive ketones (excluding diaryl/α,β-unsaturated/α-hetero) is 1. The van der Waals surface area contributed by atoms with E-state index >= 15 is 0 Å². The summed E-state index contributed by atoms with van der Waals surface area (Å²) < 4.78 is 82.7. The molecule has 0 aliphatic carbocycles. The summed E-state index contributed by atoms with van der Waals surface area (Å²) in [4.78, 5) is 40.7. The fourth-order valence-electron chi connectivity index (χ4n) is 4.56. The molecule has 2 amide bonds. The van der Waals surface area contributed by atoms with Crippen molar-refractivity contribution in [2.24, 2.45) is 11.5 Å². The van der Waals surface area contributed by atoms with Crippen molar-refractivity contribution in [2.45, 2.75) is 31.5 Å². The molecule has 2 aromatic heterocycles. The third kappa shape index (κ3) is 6.82. The number of rotatable bonds is 10. The largest absolute Gasteiger partial charge is 0.435 e. The first kappa shape index (κ1) is 30.0. The Bertz CT molecular complexity index is 1660. The van der Waals surface area contributed by atoms with E-state index in [-0.39, 0.29) is 17.7 Å². The summed E-state index contributed by atoms with van der Waals surface area (Å²) in [6.07, 6.45) is -3.48. The lowest BCUT2D eigenvalue weighted by Gasteiger charge is -2.20. The third-order valence-electron chi connectivity index (χ3n) is 6.28. The predicted molar refractivity (Wildman–Crippen MR) is 136 cm³/mol. The number of nitrogens with two attached hydrogens (primary N) is 2. The van der Waals surface area contributed by atoms with E-state index in [1.165, 1.54) is 24.4 Å². The predicted octanol–water partition coefficient (Wildman–Crippen LogP) is 4.56. The van der Waals surface area contributed by atoms with E-state index in [1.807, 2.05) is 0 Å². The van der Waals surface area contributed by atoms with E-state index in [0.29, 0.717) is 28.1 Å². The SMILES string of the molecule is NC(=O)c1cc(-c2cccnc2[C@@H](CC(=O)Cn2cc(C(N)=O)c(C(F)(F)F)n2)Cc2cc(F)cc(F)c2)ccc1F. The highest BCUT2D eigenvalue weighted by atomic mass is 19.4. The highest BCUT2D eigenvalue weighted by Crippen LogP contribution is 2.34. The van der Waals surface area contributed by atoms with Gasteiger partial charge in [0.1, 0.15) is 17.5 Å². The van der Waals surface area contributed by atoms with Crippen LogP contribution in [0.15, 0.2) is 60.9 Å². The van der Waals surface area contributed by atoms with Gasteiger partial charge in [0.05, 0.1) is 23.4 Å². The van der Waals surface area contributed by atoms with E-state index in [4.69, 9.17) is 11.5 Å². The Morgan fingerprint density at radius 2 is 1.57 bits per heavy atom. The topological polar surface area (TPSA) is 134 Å². The fourth-order valence-corrected chi connectivity index (χ4v) is 4.56. The second-order valence-electron chi connectivity index (χ2n) is 9.37. The first-order chi connectivity index (χ1) is 19.7. The molecule has 0 aliphatic rings. The molecule has 0 spiro atoms. The molecule has 0 bridgehead atoms. The third-order valence-corrected chi connectivity index (χ3v) is 6.28. The number of aromatic nitrogens is 3. The minimum Gasteiger partial charge on any atom is -0.366 e. The number of primary amides is 2. The standard InChI is InChI=1S/C28H21F6N5O3/c29-17-7-14(8-18(30)11-17)6-16(9-19(40)12-39-13-22(27(36)42)25(38-39)28(32,33)34)24-20(2-1-5-37-24)15-3-4-23(31)21(10-15)26(35)41/h1-5,7-8,10-11,13,16H,6,9,12H2,(H2,35,41)(H2,36,42)/t16-/m1/s1. The van der Waals surface area contributed by atoms with Crippen LogP contribution < -0.4 is 11.5 Å². The Balaban J connectivity index is 1.74. The lowest BCUT2D eigenvalue weighted by molar-refractivity contribution is -0.142. The van der Waals surface area contributed by atoms with Crippen LogP contribution in [0.25, 0.3) is 11.1 Å². The Kier molecular flexibility index (Phi) is 8.45. The van der Waals surface area contributed by atoms with E-state index in [1.54, 1.807) is 6.07 Å². The molecule has 0 fully saturated rings. The summed E-state index contributed by atoms with van der Waals surface area (Å²) in [5.41, 5.74) is 8.41. The van der Waals surface area contributed by atoms with Gasteiger partial charge in [0.25, 0.3) is 11.8 Å². The van der Waals surface area contributed by atoms with Crippen molar-refractivity contribution in [3.8, 4) is 11.1 Å². The van der Waals surface area contributed by atoms with E-state index in [9.17, 15) is 40.7 Å². The van der Waals surface area contributed by atoms with Crippen LogP contribution in [0.1, 0.15) is 50.0 Å². The minimum atomic E-state index is -5.01. The number of hydrogen-bond acceptors (Lipinski definition) is 5. The Morgan fingerprint density at radius 1 is 0.905 bits per heavy atom. The quantitative estimate of drug-likeness (QED) is 0.262. The van der Waals surface area contributed by atoms with Crippen LogP contribution in [0.4, 0.5) is 26.3 Å². The maximum atomic E-state index is 14.2. The normalized spacial score (nSPS) is 12.2. The highest BCUT2D eigenvalue weighted by Gasteiger charge is 2.39. The zero-order valence-corrected chi connectivity index (χ0v) is 21.5. The number of hydrogen-bond donors (Lipinski definition) is 2. The number of alkyl halides is 3. The van der Waals surface area contributed by atoms with Crippen LogP contribution in [0, 0.1) is 17.5 Å². The van der Waals surface area contributed by atoms with Gasteiger partial charge in [0, 0.05) is 36.4 Å². The molecule has 0 saturated heterocycles. The molecule has 14 heteroatoms. The number of benzene rings is 2. The van der Waals surface area contributed by atoms with Crippen molar-refractivity contribution in [1.82, 2.24) is 14.8 Å². The molecular weight excluding hydrogens is 568 g/mol. The monoisotopic (exact) mass is 589 g/mol. The number of halogens is 6. The average molecular weight is 589 g/mol. The van der Waals surface area contributed by atoms with E-state index in [2.05, 4.69) is 10.1 Å². The molecule has 0 aliphatic heterocycles. The number of carbonyl (C=O) groups excluding carboxylic acids is 3. The summed E-state index contributed by atoms with van der Waals surface area (Å²) in [6, 6.07) is 9.39. The second-order valence-corrected chi connectivity index (χ2v) is 9.37. The van der Waals surface area contributed by atoms with Crippen molar-refractivity contribution >= 4 is 17.6 Å². The maximum absolute atomic E-state index is 14.2. The van der Waals surface area contributed by atoms with Crippen molar-refractivity contribution in [1.29, 1.82) is 0 Å². The molecule has 2 aromatic carbocycles. The summed E-state index contributed by atoms with van der Waals surface area (Å²) >= 11 is 0. The van der Waals surface area contributed by atoms with Gasteiger partial charge in [-0.25, -0.2) is 13.2 Å². The molecular formula is C28H21F6N5O3. The summed E-state index contributed by atoms with van der Waals surface area (Å²) in [5.74, 6) is -6.63. The molecule has 4 N–H and O–H groups in total. The zero-order valence-electron chi connectivity index (χ0n) is 21.5. The van der Waals surface area contributed by atoms with Crippen LogP contribution in [-0.4, -0.2) is 32.4 Å². The van der Waals surface area contributed by atoms with Gasteiger partial charge in [-0.1, -0.05) is 12.1 Å². The number of pyridine rings is 1. The van der Waals surface area contributed by atoms with E-state index < -0.39 is 76.9 Å². The van der Waals surface area contributed by atoms with Crippen LogP contribution >= 0.6 is 0 Å². The number of amides is 2. The summed E-state index contributed by atoms with van der Waals surface area (Å²) in [6.45, 7) is -0.699. The van der Waals surface area contributed by atoms with Gasteiger partial charge in [0.2, 0.25) is 0 Å². The minimum absolute atomic E-state index is 0.145. The second kappa shape index (κ2) is 11.8. The van der Waals surface area contributed by atoms with Gasteiger partial charge in [-0.15, -0.1) is 0 Å².